The van der Waals surface area contributed by atoms with Crippen molar-refractivity contribution in [3.8, 4) is 11.4 Å². The van der Waals surface area contributed by atoms with Gasteiger partial charge in [0.15, 0.2) is 0 Å². The van der Waals surface area contributed by atoms with Crippen molar-refractivity contribution < 1.29 is 14.2 Å². The highest BCUT2D eigenvalue weighted by Gasteiger charge is 2.11. The average molecular weight is 428 g/mol. The van der Waals surface area contributed by atoms with E-state index in [1.807, 2.05) is 12.1 Å². The summed E-state index contributed by atoms with van der Waals surface area (Å²) in [5.41, 5.74) is 3.23. The van der Waals surface area contributed by atoms with Gasteiger partial charge in [0, 0.05) is 35.5 Å². The Balaban J connectivity index is 1.43. The van der Waals surface area contributed by atoms with Gasteiger partial charge in [0.1, 0.15) is 6.54 Å². The van der Waals surface area contributed by atoms with Gasteiger partial charge in [-0.15, -0.1) is 0 Å². The molecule has 0 fully saturated rings. The summed E-state index contributed by atoms with van der Waals surface area (Å²) in [6.45, 7) is 8.19. The van der Waals surface area contributed by atoms with E-state index >= 15 is 0 Å². The number of carbonyl (C=O) groups is 1. The quantitative estimate of drug-likeness (QED) is 0.521. The molecule has 2 aromatic carbocycles. The van der Waals surface area contributed by atoms with Crippen LogP contribution in [0.4, 0.5) is 0 Å². The molecule has 0 unspecified atom stereocenters. The van der Waals surface area contributed by atoms with Gasteiger partial charge < -0.3 is 14.7 Å². The summed E-state index contributed by atoms with van der Waals surface area (Å²) in [5, 5.41) is 7.57. The number of aromatic nitrogens is 2. The van der Waals surface area contributed by atoms with Crippen LogP contribution in [0, 0.1) is 0 Å². The van der Waals surface area contributed by atoms with Gasteiger partial charge in [-0.3, -0.25) is 4.79 Å². The Bertz CT molecular complexity index is 935. The third-order valence-corrected chi connectivity index (χ3v) is 5.36. The fraction of sp³-hybridized carbons (Fsp3) is 0.348. The van der Waals surface area contributed by atoms with Gasteiger partial charge in [-0.2, -0.15) is 4.98 Å². The van der Waals surface area contributed by atoms with Crippen LogP contribution in [-0.2, 0) is 24.3 Å². The Kier molecular flexibility index (Phi) is 7.99. The van der Waals surface area contributed by atoms with Crippen LogP contribution >= 0.6 is 11.6 Å². The Morgan fingerprint density at radius 3 is 2.37 bits per heavy atom. The van der Waals surface area contributed by atoms with E-state index in [9.17, 15) is 4.79 Å². The second kappa shape index (κ2) is 10.9. The number of quaternary nitrogens is 1. The summed E-state index contributed by atoms with van der Waals surface area (Å²) in [4.78, 5) is 18.1. The molecule has 1 aromatic heterocycles. The van der Waals surface area contributed by atoms with Crippen molar-refractivity contribution in [2.24, 2.45) is 0 Å². The molecule has 1 amide bonds. The molecule has 30 heavy (non-hydrogen) atoms. The number of nitrogens with one attached hydrogen (secondary N) is 2. The zero-order valence-corrected chi connectivity index (χ0v) is 18.2. The standard InChI is InChI=1S/C23H27ClN4O2/c1-3-28(4-2)16-18-7-5-17(6-8-18)15-25-21(29)13-14-22-26-23(27-30-22)19-9-11-20(24)12-10-19/h5-12H,3-4,13-16H2,1-2H3,(H,25,29)/p+1. The molecule has 3 rings (SSSR count). The lowest BCUT2D eigenvalue weighted by molar-refractivity contribution is -0.910. The van der Waals surface area contributed by atoms with Crippen molar-refractivity contribution in [3.63, 3.8) is 0 Å². The summed E-state index contributed by atoms with van der Waals surface area (Å²) in [6.07, 6.45) is 0.698. The number of rotatable bonds is 10. The molecule has 0 saturated heterocycles. The first-order valence-electron chi connectivity index (χ1n) is 10.3. The lowest BCUT2D eigenvalue weighted by Gasteiger charge is -2.15. The van der Waals surface area contributed by atoms with Crippen LogP contribution in [-0.4, -0.2) is 29.1 Å². The summed E-state index contributed by atoms with van der Waals surface area (Å²) < 4.78 is 5.25. The van der Waals surface area contributed by atoms with Gasteiger partial charge in [-0.25, -0.2) is 0 Å². The van der Waals surface area contributed by atoms with E-state index in [1.54, 1.807) is 17.0 Å². The topological polar surface area (TPSA) is 72.5 Å². The van der Waals surface area contributed by atoms with Crippen molar-refractivity contribution in [2.75, 3.05) is 13.1 Å². The van der Waals surface area contributed by atoms with E-state index in [-0.39, 0.29) is 5.91 Å². The van der Waals surface area contributed by atoms with E-state index < -0.39 is 0 Å². The number of hydrogen-bond acceptors (Lipinski definition) is 4. The largest absolute Gasteiger partial charge is 0.352 e. The third-order valence-electron chi connectivity index (χ3n) is 5.10. The van der Waals surface area contributed by atoms with Crippen molar-refractivity contribution in [1.29, 1.82) is 0 Å². The minimum atomic E-state index is -0.0436. The molecule has 6 nitrogen and oxygen atoms in total. The van der Waals surface area contributed by atoms with Crippen molar-refractivity contribution in [2.45, 2.75) is 39.8 Å². The highest BCUT2D eigenvalue weighted by atomic mass is 35.5. The van der Waals surface area contributed by atoms with Gasteiger partial charge in [-0.05, 0) is 43.7 Å². The number of aryl methyl sites for hydroxylation is 1. The zero-order valence-electron chi connectivity index (χ0n) is 17.5. The van der Waals surface area contributed by atoms with Crippen LogP contribution < -0.4 is 10.2 Å². The molecule has 3 aromatic rings. The lowest BCUT2D eigenvalue weighted by Crippen LogP contribution is -3.10. The number of halogens is 1. The molecule has 0 aliphatic carbocycles. The van der Waals surface area contributed by atoms with Crippen molar-refractivity contribution in [3.05, 3.63) is 70.6 Å². The van der Waals surface area contributed by atoms with Crippen LogP contribution in [0.3, 0.4) is 0 Å². The Hall–Kier alpha value is -2.70. The number of benzene rings is 2. The predicted molar refractivity (Wildman–Crippen MR) is 117 cm³/mol. The first-order valence-corrected chi connectivity index (χ1v) is 10.7. The van der Waals surface area contributed by atoms with E-state index in [2.05, 4.69) is 53.6 Å². The van der Waals surface area contributed by atoms with Crippen molar-refractivity contribution >= 4 is 17.5 Å². The highest BCUT2D eigenvalue weighted by molar-refractivity contribution is 6.30. The van der Waals surface area contributed by atoms with E-state index in [0.29, 0.717) is 36.1 Å². The molecular weight excluding hydrogens is 400 g/mol. The number of nitrogens with zero attached hydrogens (tertiary/aromatic N) is 2. The number of hydrogen-bond donors (Lipinski definition) is 2. The summed E-state index contributed by atoms with van der Waals surface area (Å²) in [6, 6.07) is 15.7. The molecule has 0 aliphatic heterocycles. The van der Waals surface area contributed by atoms with E-state index in [4.69, 9.17) is 16.1 Å². The molecule has 0 bridgehead atoms. The molecule has 0 radical (unpaired) electrons. The zero-order chi connectivity index (χ0) is 21.3. The van der Waals surface area contributed by atoms with Gasteiger partial charge in [0.25, 0.3) is 0 Å². The van der Waals surface area contributed by atoms with Gasteiger partial charge in [-0.1, -0.05) is 41.0 Å². The van der Waals surface area contributed by atoms with Crippen LogP contribution in [0.5, 0.6) is 0 Å². The number of amides is 1. The first kappa shape index (κ1) is 22.0. The normalized spacial score (nSPS) is 11.1. The highest BCUT2D eigenvalue weighted by Crippen LogP contribution is 2.19. The minimum absolute atomic E-state index is 0.0436. The summed E-state index contributed by atoms with van der Waals surface area (Å²) in [5.74, 6) is 0.893. The summed E-state index contributed by atoms with van der Waals surface area (Å²) in [7, 11) is 0. The lowest BCUT2D eigenvalue weighted by atomic mass is 10.1. The molecule has 0 atom stereocenters. The number of carbonyl (C=O) groups excluding carboxylic acids is 1. The van der Waals surface area contributed by atoms with Gasteiger partial charge in [0.05, 0.1) is 13.1 Å². The second-order valence-corrected chi connectivity index (χ2v) is 7.68. The molecule has 7 heteroatoms. The fourth-order valence-corrected chi connectivity index (χ4v) is 3.27. The molecular formula is C23H28ClN4O2+. The molecule has 0 spiro atoms. The maximum Gasteiger partial charge on any atom is 0.227 e. The molecule has 1 heterocycles. The fourth-order valence-electron chi connectivity index (χ4n) is 3.15. The van der Waals surface area contributed by atoms with E-state index in [1.165, 1.54) is 5.56 Å². The second-order valence-electron chi connectivity index (χ2n) is 7.25. The predicted octanol–water partition coefficient (Wildman–Crippen LogP) is 3.06. The van der Waals surface area contributed by atoms with Crippen molar-refractivity contribution in [1.82, 2.24) is 15.5 Å². The molecule has 0 aliphatic rings. The minimum Gasteiger partial charge on any atom is -0.352 e. The SMILES string of the molecule is CC[NH+](CC)Cc1ccc(CNC(=O)CCc2nc(-c3ccc(Cl)cc3)no2)cc1. The average Bonchev–Trinajstić information content (AvgIpc) is 3.25. The van der Waals surface area contributed by atoms with Crippen LogP contribution in [0.15, 0.2) is 53.1 Å². The van der Waals surface area contributed by atoms with E-state index in [0.717, 1.165) is 30.8 Å². The Morgan fingerprint density at radius 1 is 1.03 bits per heavy atom. The molecule has 0 saturated carbocycles. The maximum absolute atomic E-state index is 12.2. The third kappa shape index (κ3) is 6.40. The Morgan fingerprint density at radius 2 is 1.70 bits per heavy atom. The van der Waals surface area contributed by atoms with Crippen LogP contribution in [0.25, 0.3) is 11.4 Å². The summed E-state index contributed by atoms with van der Waals surface area (Å²) >= 11 is 5.89. The van der Waals surface area contributed by atoms with Gasteiger partial charge in [0.2, 0.25) is 17.6 Å². The van der Waals surface area contributed by atoms with Crippen LogP contribution in [0.1, 0.15) is 37.3 Å². The molecule has 2 N–H and O–H groups in total. The molecule has 158 valence electrons. The monoisotopic (exact) mass is 427 g/mol. The first-order chi connectivity index (χ1) is 14.6. The van der Waals surface area contributed by atoms with Gasteiger partial charge >= 0.3 is 0 Å². The van der Waals surface area contributed by atoms with Crippen LogP contribution in [0.2, 0.25) is 5.02 Å². The maximum atomic E-state index is 12.2. The Labute approximate surface area is 182 Å². The smallest absolute Gasteiger partial charge is 0.227 e.